The van der Waals surface area contributed by atoms with E-state index in [0.717, 1.165) is 11.4 Å². The lowest BCUT2D eigenvalue weighted by molar-refractivity contribution is 0.708. The van der Waals surface area contributed by atoms with Gasteiger partial charge in [-0.1, -0.05) is 11.6 Å². The van der Waals surface area contributed by atoms with Crippen molar-refractivity contribution in [2.24, 2.45) is 7.05 Å². The fourth-order valence-corrected chi connectivity index (χ4v) is 1.53. The third-order valence-electron chi connectivity index (χ3n) is 2.28. The van der Waals surface area contributed by atoms with Gasteiger partial charge in [-0.05, 0) is 19.9 Å². The van der Waals surface area contributed by atoms with Gasteiger partial charge in [0.05, 0.1) is 5.69 Å². The Hall–Kier alpha value is -1.29. The minimum atomic E-state index is 0.652. The molecule has 0 saturated carbocycles. The van der Waals surface area contributed by atoms with E-state index in [1.807, 2.05) is 27.0 Å². The molecule has 74 valence electrons. The van der Waals surface area contributed by atoms with Gasteiger partial charge in [0.25, 0.3) is 0 Å². The predicted molar refractivity (Wildman–Crippen MR) is 54.8 cm³/mol. The van der Waals surface area contributed by atoms with E-state index in [1.54, 1.807) is 15.6 Å². The summed E-state index contributed by atoms with van der Waals surface area (Å²) in [5.74, 6) is 0.689. The Labute approximate surface area is 87.1 Å². The molecule has 0 aliphatic carbocycles. The second-order valence-electron chi connectivity index (χ2n) is 3.23. The summed E-state index contributed by atoms with van der Waals surface area (Å²) in [6, 6.07) is 1.92. The van der Waals surface area contributed by atoms with Gasteiger partial charge < -0.3 is 0 Å². The highest BCUT2D eigenvalue weighted by molar-refractivity contribution is 6.32. The Balaban J connectivity index is 2.63. The molecular weight excluding hydrogens is 200 g/mol. The predicted octanol–water partition coefficient (Wildman–Crippen LogP) is 1.88. The van der Waals surface area contributed by atoms with Crippen molar-refractivity contribution in [3.8, 4) is 5.82 Å². The lowest BCUT2D eigenvalue weighted by Crippen LogP contribution is -2.01. The Bertz CT molecular complexity index is 469. The van der Waals surface area contributed by atoms with Crippen LogP contribution < -0.4 is 0 Å². The molecule has 0 radical (unpaired) electrons. The standard InChI is InChI=1S/C9H11ClN4/c1-6-4-5-11-14(6)9-8(10)7(2)13(3)12-9/h4-5H,1-3H3. The monoisotopic (exact) mass is 210 g/mol. The first-order valence-electron chi connectivity index (χ1n) is 4.31. The van der Waals surface area contributed by atoms with Crippen molar-refractivity contribution in [3.63, 3.8) is 0 Å². The molecule has 4 nitrogen and oxygen atoms in total. The van der Waals surface area contributed by atoms with Gasteiger partial charge in [0.1, 0.15) is 5.02 Å². The minimum absolute atomic E-state index is 0.652. The van der Waals surface area contributed by atoms with Crippen LogP contribution in [0.4, 0.5) is 0 Å². The Kier molecular flexibility index (Phi) is 2.07. The highest BCUT2D eigenvalue weighted by atomic mass is 35.5. The van der Waals surface area contributed by atoms with Crippen LogP contribution in [0.15, 0.2) is 12.3 Å². The number of halogens is 1. The summed E-state index contributed by atoms with van der Waals surface area (Å²) < 4.78 is 3.48. The molecule has 0 amide bonds. The normalized spacial score (nSPS) is 10.9. The van der Waals surface area contributed by atoms with Crippen LogP contribution in [0.3, 0.4) is 0 Å². The molecule has 0 bridgehead atoms. The summed E-state index contributed by atoms with van der Waals surface area (Å²) in [6.07, 6.45) is 1.73. The van der Waals surface area contributed by atoms with Gasteiger partial charge in [0, 0.05) is 18.9 Å². The molecule has 2 rings (SSSR count). The molecule has 2 heterocycles. The molecule has 0 spiro atoms. The zero-order chi connectivity index (χ0) is 10.3. The van der Waals surface area contributed by atoms with Crippen LogP contribution >= 0.6 is 11.6 Å². The summed E-state index contributed by atoms with van der Waals surface area (Å²) in [7, 11) is 1.86. The number of hydrogen-bond acceptors (Lipinski definition) is 2. The SMILES string of the molecule is Cc1c(Cl)c(-n2nccc2C)nn1C. The molecule has 14 heavy (non-hydrogen) atoms. The molecule has 0 N–H and O–H groups in total. The summed E-state index contributed by atoms with van der Waals surface area (Å²) >= 11 is 6.13. The number of nitrogens with zero attached hydrogens (tertiary/aromatic N) is 4. The smallest absolute Gasteiger partial charge is 0.194 e. The van der Waals surface area contributed by atoms with E-state index < -0.39 is 0 Å². The highest BCUT2D eigenvalue weighted by Gasteiger charge is 2.13. The lowest BCUT2D eigenvalue weighted by Gasteiger charge is -1.98. The first-order valence-corrected chi connectivity index (χ1v) is 4.69. The summed E-state index contributed by atoms with van der Waals surface area (Å²) in [5.41, 5.74) is 1.96. The Morgan fingerprint density at radius 3 is 2.50 bits per heavy atom. The van der Waals surface area contributed by atoms with Crippen LogP contribution in [0.2, 0.25) is 5.02 Å². The van der Waals surface area contributed by atoms with E-state index in [4.69, 9.17) is 11.6 Å². The minimum Gasteiger partial charge on any atom is -0.269 e. The molecular formula is C9H11ClN4. The van der Waals surface area contributed by atoms with Crippen molar-refractivity contribution in [2.45, 2.75) is 13.8 Å². The molecule has 0 aromatic carbocycles. The molecule has 0 fully saturated rings. The van der Waals surface area contributed by atoms with Gasteiger partial charge in [-0.3, -0.25) is 4.68 Å². The number of hydrogen-bond donors (Lipinski definition) is 0. The first-order chi connectivity index (χ1) is 6.61. The second kappa shape index (κ2) is 3.13. The van der Waals surface area contributed by atoms with E-state index in [-0.39, 0.29) is 0 Å². The number of aromatic nitrogens is 4. The number of rotatable bonds is 1. The summed E-state index contributed by atoms with van der Waals surface area (Å²) in [6.45, 7) is 3.89. The van der Waals surface area contributed by atoms with Gasteiger partial charge in [0.15, 0.2) is 5.82 Å². The fourth-order valence-electron chi connectivity index (χ4n) is 1.29. The zero-order valence-electron chi connectivity index (χ0n) is 8.32. The largest absolute Gasteiger partial charge is 0.269 e. The quantitative estimate of drug-likeness (QED) is 0.721. The van der Waals surface area contributed by atoms with Crippen molar-refractivity contribution in [1.82, 2.24) is 19.6 Å². The Morgan fingerprint density at radius 2 is 2.07 bits per heavy atom. The summed E-state index contributed by atoms with van der Waals surface area (Å²) in [5, 5.41) is 9.11. The van der Waals surface area contributed by atoms with Crippen LogP contribution in [-0.2, 0) is 7.05 Å². The Morgan fingerprint density at radius 1 is 1.36 bits per heavy atom. The molecule has 0 saturated heterocycles. The third-order valence-corrected chi connectivity index (χ3v) is 2.72. The lowest BCUT2D eigenvalue weighted by atomic mass is 10.4. The maximum Gasteiger partial charge on any atom is 0.194 e. The maximum atomic E-state index is 6.13. The van der Waals surface area contributed by atoms with Crippen LogP contribution in [-0.4, -0.2) is 19.6 Å². The van der Waals surface area contributed by atoms with E-state index in [1.165, 1.54) is 0 Å². The average molecular weight is 211 g/mol. The summed E-state index contributed by atoms with van der Waals surface area (Å²) in [4.78, 5) is 0. The van der Waals surface area contributed by atoms with Gasteiger partial charge in [0.2, 0.25) is 0 Å². The first kappa shape index (κ1) is 9.27. The van der Waals surface area contributed by atoms with Crippen molar-refractivity contribution < 1.29 is 0 Å². The molecule has 0 aliphatic rings. The van der Waals surface area contributed by atoms with Gasteiger partial charge >= 0.3 is 0 Å². The topological polar surface area (TPSA) is 35.6 Å². The van der Waals surface area contributed by atoms with Gasteiger partial charge in [-0.2, -0.15) is 10.2 Å². The van der Waals surface area contributed by atoms with E-state index >= 15 is 0 Å². The molecule has 0 aliphatic heterocycles. The van der Waals surface area contributed by atoms with Crippen molar-refractivity contribution in [1.29, 1.82) is 0 Å². The second-order valence-corrected chi connectivity index (χ2v) is 3.61. The van der Waals surface area contributed by atoms with Gasteiger partial charge in [-0.15, -0.1) is 0 Å². The van der Waals surface area contributed by atoms with E-state index in [2.05, 4.69) is 10.2 Å². The maximum absolute atomic E-state index is 6.13. The fraction of sp³-hybridized carbons (Fsp3) is 0.333. The van der Waals surface area contributed by atoms with Crippen LogP contribution in [0.25, 0.3) is 5.82 Å². The third kappa shape index (κ3) is 1.23. The van der Waals surface area contributed by atoms with Crippen molar-refractivity contribution >= 4 is 11.6 Å². The number of aryl methyl sites for hydroxylation is 2. The van der Waals surface area contributed by atoms with Crippen molar-refractivity contribution in [3.05, 3.63) is 28.7 Å². The highest BCUT2D eigenvalue weighted by Crippen LogP contribution is 2.22. The zero-order valence-corrected chi connectivity index (χ0v) is 9.08. The average Bonchev–Trinajstić information content (AvgIpc) is 2.66. The van der Waals surface area contributed by atoms with Crippen molar-refractivity contribution in [2.75, 3.05) is 0 Å². The molecule has 0 unspecified atom stereocenters. The van der Waals surface area contributed by atoms with Crippen LogP contribution in [0.1, 0.15) is 11.4 Å². The van der Waals surface area contributed by atoms with E-state index in [0.29, 0.717) is 10.8 Å². The van der Waals surface area contributed by atoms with Gasteiger partial charge in [-0.25, -0.2) is 4.68 Å². The molecule has 5 heteroatoms. The molecule has 0 atom stereocenters. The van der Waals surface area contributed by atoms with Crippen LogP contribution in [0.5, 0.6) is 0 Å². The van der Waals surface area contributed by atoms with Crippen LogP contribution in [0, 0.1) is 13.8 Å². The molecule has 2 aromatic rings. The molecule has 2 aromatic heterocycles. The van der Waals surface area contributed by atoms with E-state index in [9.17, 15) is 0 Å².